The standard InChI is InChI=1S/C22H23NO4/c1-13(2)19-8-7-18(11-14(19)3)26-15(4)22(25)23-17-6-9-20-16(12-17)5-10-21(24)27-20/h5-13,15H,1-4H3,(H,23,25). The lowest BCUT2D eigenvalue weighted by atomic mass is 9.98. The zero-order valence-corrected chi connectivity index (χ0v) is 15.9. The first-order chi connectivity index (χ1) is 12.8. The van der Waals surface area contributed by atoms with E-state index in [-0.39, 0.29) is 5.91 Å². The van der Waals surface area contributed by atoms with Crippen molar-refractivity contribution in [1.29, 1.82) is 0 Å². The number of amides is 1. The SMILES string of the molecule is Cc1cc(OC(C)C(=O)Nc2ccc3oc(=O)ccc3c2)ccc1C(C)C. The Morgan fingerprint density at radius 2 is 1.81 bits per heavy atom. The summed E-state index contributed by atoms with van der Waals surface area (Å²) in [6.45, 7) is 8.04. The first-order valence-corrected chi connectivity index (χ1v) is 8.95. The second kappa shape index (κ2) is 7.66. The molecule has 27 heavy (non-hydrogen) atoms. The number of hydrogen-bond donors (Lipinski definition) is 1. The monoisotopic (exact) mass is 365 g/mol. The first-order valence-electron chi connectivity index (χ1n) is 8.95. The maximum absolute atomic E-state index is 12.5. The molecule has 5 nitrogen and oxygen atoms in total. The minimum Gasteiger partial charge on any atom is -0.481 e. The second-order valence-electron chi connectivity index (χ2n) is 6.93. The smallest absolute Gasteiger partial charge is 0.336 e. The highest BCUT2D eigenvalue weighted by atomic mass is 16.5. The molecule has 140 valence electrons. The zero-order valence-electron chi connectivity index (χ0n) is 15.9. The van der Waals surface area contributed by atoms with E-state index in [1.54, 1.807) is 31.2 Å². The molecule has 1 unspecified atom stereocenters. The number of anilines is 1. The second-order valence-corrected chi connectivity index (χ2v) is 6.93. The number of nitrogens with one attached hydrogen (secondary N) is 1. The third-order valence-corrected chi connectivity index (χ3v) is 4.43. The van der Waals surface area contributed by atoms with Gasteiger partial charge in [-0.3, -0.25) is 4.79 Å². The molecule has 0 aliphatic carbocycles. The van der Waals surface area contributed by atoms with Gasteiger partial charge in [0, 0.05) is 17.1 Å². The summed E-state index contributed by atoms with van der Waals surface area (Å²) in [7, 11) is 0. The van der Waals surface area contributed by atoms with Crippen LogP contribution < -0.4 is 15.7 Å². The van der Waals surface area contributed by atoms with Gasteiger partial charge in [0.2, 0.25) is 0 Å². The van der Waals surface area contributed by atoms with E-state index in [1.807, 2.05) is 25.1 Å². The molecule has 0 saturated carbocycles. The van der Waals surface area contributed by atoms with Crippen LogP contribution in [0, 0.1) is 6.92 Å². The van der Waals surface area contributed by atoms with Crippen LogP contribution >= 0.6 is 0 Å². The lowest BCUT2D eigenvalue weighted by Crippen LogP contribution is -2.30. The van der Waals surface area contributed by atoms with Crippen molar-refractivity contribution < 1.29 is 13.9 Å². The summed E-state index contributed by atoms with van der Waals surface area (Å²) < 4.78 is 10.9. The normalized spacial score (nSPS) is 12.2. The number of benzene rings is 2. The van der Waals surface area contributed by atoms with Gasteiger partial charge in [-0.2, -0.15) is 0 Å². The molecule has 1 N–H and O–H groups in total. The van der Waals surface area contributed by atoms with Crippen LogP contribution in [-0.2, 0) is 4.79 Å². The molecule has 0 aliphatic heterocycles. The minimum absolute atomic E-state index is 0.252. The fraction of sp³-hybridized carbons (Fsp3) is 0.273. The highest BCUT2D eigenvalue weighted by Crippen LogP contribution is 2.24. The summed E-state index contributed by atoms with van der Waals surface area (Å²) in [5.41, 5.74) is 3.10. The summed E-state index contributed by atoms with van der Waals surface area (Å²) in [6, 6.07) is 14.0. The number of fused-ring (bicyclic) bond motifs is 1. The highest BCUT2D eigenvalue weighted by molar-refractivity contribution is 5.96. The molecular formula is C22H23NO4. The third kappa shape index (κ3) is 4.37. The zero-order chi connectivity index (χ0) is 19.6. The van der Waals surface area contributed by atoms with Crippen LogP contribution in [0.3, 0.4) is 0 Å². The highest BCUT2D eigenvalue weighted by Gasteiger charge is 2.16. The van der Waals surface area contributed by atoms with Crippen LogP contribution in [0.15, 0.2) is 57.7 Å². The van der Waals surface area contributed by atoms with Crippen LogP contribution in [0.4, 0.5) is 5.69 Å². The predicted octanol–water partition coefficient (Wildman–Crippen LogP) is 4.63. The Bertz CT molecular complexity index is 1040. The number of hydrogen-bond acceptors (Lipinski definition) is 4. The van der Waals surface area contributed by atoms with Crippen molar-refractivity contribution in [2.24, 2.45) is 0 Å². The van der Waals surface area contributed by atoms with Gasteiger partial charge in [-0.1, -0.05) is 19.9 Å². The van der Waals surface area contributed by atoms with Crippen molar-refractivity contribution in [3.63, 3.8) is 0 Å². The molecule has 5 heteroatoms. The van der Waals surface area contributed by atoms with Crippen molar-refractivity contribution >= 4 is 22.6 Å². The van der Waals surface area contributed by atoms with Gasteiger partial charge in [-0.05, 0) is 67.3 Å². The number of ether oxygens (including phenoxy) is 1. The number of aryl methyl sites for hydroxylation is 1. The van der Waals surface area contributed by atoms with Gasteiger partial charge in [-0.25, -0.2) is 4.79 Å². The van der Waals surface area contributed by atoms with E-state index in [2.05, 4.69) is 19.2 Å². The van der Waals surface area contributed by atoms with Crippen molar-refractivity contribution in [2.75, 3.05) is 5.32 Å². The lowest BCUT2D eigenvalue weighted by molar-refractivity contribution is -0.122. The number of carbonyl (C=O) groups excluding carboxylic acids is 1. The Balaban J connectivity index is 1.69. The molecule has 0 fully saturated rings. The lowest BCUT2D eigenvalue weighted by Gasteiger charge is -2.17. The van der Waals surface area contributed by atoms with E-state index in [0.717, 1.165) is 10.9 Å². The molecule has 0 spiro atoms. The van der Waals surface area contributed by atoms with Gasteiger partial charge in [-0.15, -0.1) is 0 Å². The maximum Gasteiger partial charge on any atom is 0.336 e. The fourth-order valence-corrected chi connectivity index (χ4v) is 3.02. The quantitative estimate of drug-likeness (QED) is 0.669. The molecule has 1 atom stereocenters. The minimum atomic E-state index is -0.654. The largest absolute Gasteiger partial charge is 0.481 e. The molecule has 0 bridgehead atoms. The van der Waals surface area contributed by atoms with E-state index >= 15 is 0 Å². The van der Waals surface area contributed by atoms with E-state index in [9.17, 15) is 9.59 Å². The molecule has 1 amide bonds. The van der Waals surface area contributed by atoms with E-state index in [0.29, 0.717) is 22.9 Å². The molecule has 3 aromatic rings. The van der Waals surface area contributed by atoms with Gasteiger partial charge < -0.3 is 14.5 Å². The van der Waals surface area contributed by atoms with E-state index in [1.165, 1.54) is 11.6 Å². The van der Waals surface area contributed by atoms with Gasteiger partial charge in [0.05, 0.1) is 0 Å². The average molecular weight is 365 g/mol. The first kappa shape index (κ1) is 18.7. The van der Waals surface area contributed by atoms with Crippen molar-refractivity contribution in [2.45, 2.75) is 39.7 Å². The number of rotatable bonds is 5. The Hall–Kier alpha value is -3.08. The molecule has 0 aliphatic rings. The number of carbonyl (C=O) groups is 1. The Morgan fingerprint density at radius 1 is 1.04 bits per heavy atom. The molecular weight excluding hydrogens is 342 g/mol. The third-order valence-electron chi connectivity index (χ3n) is 4.43. The Kier molecular flexibility index (Phi) is 5.31. The Morgan fingerprint density at radius 3 is 2.52 bits per heavy atom. The molecule has 0 radical (unpaired) electrons. The fourth-order valence-electron chi connectivity index (χ4n) is 3.02. The van der Waals surface area contributed by atoms with Crippen LogP contribution in [0.5, 0.6) is 5.75 Å². The molecule has 2 aromatic carbocycles. The molecule has 3 rings (SSSR count). The molecule has 0 saturated heterocycles. The van der Waals surface area contributed by atoms with Crippen LogP contribution in [0.2, 0.25) is 0 Å². The summed E-state index contributed by atoms with van der Waals surface area (Å²) >= 11 is 0. The van der Waals surface area contributed by atoms with E-state index in [4.69, 9.17) is 9.15 Å². The topological polar surface area (TPSA) is 68.5 Å². The van der Waals surface area contributed by atoms with Crippen molar-refractivity contribution in [1.82, 2.24) is 0 Å². The maximum atomic E-state index is 12.5. The summed E-state index contributed by atoms with van der Waals surface area (Å²) in [6.07, 6.45) is -0.654. The Labute approximate surface area is 158 Å². The van der Waals surface area contributed by atoms with Gasteiger partial charge >= 0.3 is 5.63 Å². The van der Waals surface area contributed by atoms with Crippen molar-refractivity contribution in [3.05, 3.63) is 70.1 Å². The van der Waals surface area contributed by atoms with Gasteiger partial charge in [0.1, 0.15) is 11.3 Å². The van der Waals surface area contributed by atoms with Crippen LogP contribution in [-0.4, -0.2) is 12.0 Å². The van der Waals surface area contributed by atoms with Gasteiger partial charge in [0.15, 0.2) is 6.10 Å². The molecule has 1 aromatic heterocycles. The van der Waals surface area contributed by atoms with Crippen LogP contribution in [0.1, 0.15) is 37.8 Å². The van der Waals surface area contributed by atoms with Crippen LogP contribution in [0.25, 0.3) is 11.0 Å². The van der Waals surface area contributed by atoms with Gasteiger partial charge in [0.25, 0.3) is 5.91 Å². The van der Waals surface area contributed by atoms with E-state index < -0.39 is 11.7 Å². The summed E-state index contributed by atoms with van der Waals surface area (Å²) in [4.78, 5) is 23.7. The summed E-state index contributed by atoms with van der Waals surface area (Å²) in [5.74, 6) is 0.856. The molecule has 1 heterocycles. The average Bonchev–Trinajstić information content (AvgIpc) is 2.61. The predicted molar refractivity (Wildman–Crippen MR) is 106 cm³/mol. The summed E-state index contributed by atoms with van der Waals surface area (Å²) in [5, 5.41) is 3.57. The van der Waals surface area contributed by atoms with Crippen molar-refractivity contribution in [3.8, 4) is 5.75 Å².